The van der Waals surface area contributed by atoms with Crippen LogP contribution in [0.3, 0.4) is 0 Å². The van der Waals surface area contributed by atoms with Crippen molar-refractivity contribution in [1.29, 1.82) is 0 Å². The molecule has 2 aromatic rings. The summed E-state index contributed by atoms with van der Waals surface area (Å²) < 4.78 is 65.0. The van der Waals surface area contributed by atoms with Crippen LogP contribution in [0.1, 0.15) is 12.0 Å². The molecule has 0 aliphatic heterocycles. The second-order valence-corrected chi connectivity index (χ2v) is 5.47. The molecule has 2 rings (SSSR count). The molecule has 0 radical (unpaired) electrons. The van der Waals surface area contributed by atoms with Gasteiger partial charge in [0.05, 0.1) is 11.3 Å². The van der Waals surface area contributed by atoms with Crippen LogP contribution in [0, 0.1) is 11.6 Å². The van der Waals surface area contributed by atoms with Crippen LogP contribution in [0.15, 0.2) is 36.4 Å². The summed E-state index contributed by atoms with van der Waals surface area (Å²) in [6.45, 7) is -0.126. The van der Waals surface area contributed by atoms with E-state index in [1.807, 2.05) is 0 Å². The number of carbonyl (C=O) groups is 1. The molecule has 0 fully saturated rings. The normalized spacial score (nSPS) is 11.3. The molecule has 3 nitrogen and oxygen atoms in total. The van der Waals surface area contributed by atoms with E-state index in [2.05, 4.69) is 10.6 Å². The number of anilines is 2. The number of carbonyl (C=O) groups excluding carboxylic acids is 1. The van der Waals surface area contributed by atoms with Crippen molar-refractivity contribution in [3.63, 3.8) is 0 Å². The second kappa shape index (κ2) is 7.69. The summed E-state index contributed by atoms with van der Waals surface area (Å²) in [6, 6.07) is 5.85. The van der Waals surface area contributed by atoms with E-state index in [0.717, 1.165) is 24.3 Å². The Morgan fingerprint density at radius 3 is 2.36 bits per heavy atom. The predicted octanol–water partition coefficient (Wildman–Crippen LogP) is 5.08. The molecular weight excluding hydrogens is 367 g/mol. The van der Waals surface area contributed by atoms with Crippen LogP contribution in [-0.4, -0.2) is 12.5 Å². The molecule has 0 saturated carbocycles. The maximum atomic E-state index is 13.4. The fraction of sp³-hybridized carbons (Fsp3) is 0.188. The Labute approximate surface area is 144 Å². The minimum atomic E-state index is -4.60. The largest absolute Gasteiger partial charge is 0.418 e. The minimum absolute atomic E-state index is 0.0672. The molecule has 2 aromatic carbocycles. The van der Waals surface area contributed by atoms with Crippen molar-refractivity contribution in [2.24, 2.45) is 0 Å². The first-order valence-electron chi connectivity index (χ1n) is 7.02. The zero-order valence-electron chi connectivity index (χ0n) is 12.6. The minimum Gasteiger partial charge on any atom is -0.384 e. The molecule has 9 heteroatoms. The van der Waals surface area contributed by atoms with E-state index in [0.29, 0.717) is 6.07 Å². The van der Waals surface area contributed by atoms with Gasteiger partial charge in [0.1, 0.15) is 11.6 Å². The van der Waals surface area contributed by atoms with Gasteiger partial charge in [-0.05, 0) is 30.3 Å². The van der Waals surface area contributed by atoms with Crippen LogP contribution >= 0.6 is 11.6 Å². The number of halogens is 6. The molecule has 0 unspecified atom stereocenters. The van der Waals surface area contributed by atoms with Crippen molar-refractivity contribution in [1.82, 2.24) is 0 Å². The standard InChI is InChI=1S/C16H12ClF5N2O/c17-9-1-3-13(11(7-9)16(20,21)22)23-6-5-15(25)24-14-4-2-10(18)8-12(14)19/h1-4,7-8,23H,5-6H2,(H,24,25). The fourth-order valence-electron chi connectivity index (χ4n) is 2.02. The Kier molecular flexibility index (Phi) is 5.84. The van der Waals surface area contributed by atoms with Gasteiger partial charge in [0.2, 0.25) is 5.91 Å². The lowest BCUT2D eigenvalue weighted by molar-refractivity contribution is -0.137. The fourth-order valence-corrected chi connectivity index (χ4v) is 2.19. The number of hydrogen-bond acceptors (Lipinski definition) is 2. The highest BCUT2D eigenvalue weighted by atomic mass is 35.5. The SMILES string of the molecule is O=C(CCNc1ccc(Cl)cc1C(F)(F)F)Nc1ccc(F)cc1F. The van der Waals surface area contributed by atoms with E-state index >= 15 is 0 Å². The van der Waals surface area contributed by atoms with Crippen LogP contribution in [0.25, 0.3) is 0 Å². The molecule has 0 aliphatic rings. The zero-order chi connectivity index (χ0) is 18.6. The smallest absolute Gasteiger partial charge is 0.384 e. The molecule has 0 aliphatic carbocycles. The highest BCUT2D eigenvalue weighted by molar-refractivity contribution is 6.30. The summed E-state index contributed by atoms with van der Waals surface area (Å²) in [5.41, 5.74) is -1.39. The summed E-state index contributed by atoms with van der Waals surface area (Å²) in [6.07, 6.45) is -4.83. The first kappa shape index (κ1) is 19.0. The number of hydrogen-bond donors (Lipinski definition) is 2. The summed E-state index contributed by atoms with van der Waals surface area (Å²) in [7, 11) is 0. The van der Waals surface area contributed by atoms with Crippen LogP contribution in [0.5, 0.6) is 0 Å². The highest BCUT2D eigenvalue weighted by Crippen LogP contribution is 2.36. The first-order chi connectivity index (χ1) is 11.7. The molecule has 1 amide bonds. The van der Waals surface area contributed by atoms with E-state index in [1.54, 1.807) is 0 Å². The average molecular weight is 379 g/mol. The van der Waals surface area contributed by atoms with E-state index in [-0.39, 0.29) is 29.4 Å². The number of rotatable bonds is 5. The molecule has 134 valence electrons. The molecule has 0 saturated heterocycles. The Morgan fingerprint density at radius 1 is 1.04 bits per heavy atom. The van der Waals surface area contributed by atoms with Crippen molar-refractivity contribution >= 4 is 28.9 Å². The van der Waals surface area contributed by atoms with Gasteiger partial charge >= 0.3 is 6.18 Å². The van der Waals surface area contributed by atoms with Gasteiger partial charge < -0.3 is 10.6 Å². The molecule has 0 atom stereocenters. The van der Waals surface area contributed by atoms with Crippen molar-refractivity contribution in [2.75, 3.05) is 17.2 Å². The summed E-state index contributed by atoms with van der Waals surface area (Å²) >= 11 is 5.57. The molecule has 0 heterocycles. The third-order valence-electron chi connectivity index (χ3n) is 3.16. The zero-order valence-corrected chi connectivity index (χ0v) is 13.3. The molecule has 25 heavy (non-hydrogen) atoms. The van der Waals surface area contributed by atoms with Gasteiger partial charge in [-0.25, -0.2) is 8.78 Å². The maximum absolute atomic E-state index is 13.4. The molecule has 2 N–H and O–H groups in total. The van der Waals surface area contributed by atoms with Crippen molar-refractivity contribution in [2.45, 2.75) is 12.6 Å². The quantitative estimate of drug-likeness (QED) is 0.712. The number of benzene rings is 2. The number of amides is 1. The van der Waals surface area contributed by atoms with Crippen LogP contribution in [0.4, 0.5) is 33.3 Å². The lowest BCUT2D eigenvalue weighted by Crippen LogP contribution is -2.18. The first-order valence-corrected chi connectivity index (χ1v) is 7.40. The van der Waals surface area contributed by atoms with E-state index < -0.39 is 29.3 Å². The van der Waals surface area contributed by atoms with Crippen LogP contribution < -0.4 is 10.6 Å². The number of alkyl halides is 3. The van der Waals surface area contributed by atoms with Gasteiger partial charge in [-0.1, -0.05) is 11.6 Å². The van der Waals surface area contributed by atoms with Crippen molar-refractivity contribution in [3.8, 4) is 0 Å². The van der Waals surface area contributed by atoms with E-state index in [1.165, 1.54) is 6.07 Å². The Hall–Kier alpha value is -2.35. The monoisotopic (exact) mass is 378 g/mol. The molecule has 0 aromatic heterocycles. The van der Waals surface area contributed by atoms with Crippen LogP contribution in [0.2, 0.25) is 5.02 Å². The Morgan fingerprint density at radius 2 is 1.72 bits per heavy atom. The van der Waals surface area contributed by atoms with E-state index in [4.69, 9.17) is 11.6 Å². The lowest BCUT2D eigenvalue weighted by Gasteiger charge is -2.15. The maximum Gasteiger partial charge on any atom is 0.418 e. The number of nitrogens with one attached hydrogen (secondary N) is 2. The Bertz CT molecular complexity index is 780. The summed E-state index contributed by atoms with van der Waals surface area (Å²) in [4.78, 5) is 11.7. The van der Waals surface area contributed by atoms with Crippen LogP contribution in [-0.2, 0) is 11.0 Å². The Balaban J connectivity index is 1.95. The average Bonchev–Trinajstić information content (AvgIpc) is 2.50. The van der Waals surface area contributed by atoms with Gasteiger partial charge in [-0.15, -0.1) is 0 Å². The third-order valence-corrected chi connectivity index (χ3v) is 3.39. The molecular formula is C16H12ClF5N2O. The lowest BCUT2D eigenvalue weighted by atomic mass is 10.1. The van der Waals surface area contributed by atoms with E-state index in [9.17, 15) is 26.7 Å². The van der Waals surface area contributed by atoms with Gasteiger partial charge in [0, 0.05) is 29.7 Å². The molecule has 0 spiro atoms. The predicted molar refractivity (Wildman–Crippen MR) is 84.5 cm³/mol. The second-order valence-electron chi connectivity index (χ2n) is 5.04. The van der Waals surface area contributed by atoms with Gasteiger partial charge in [0.25, 0.3) is 0 Å². The summed E-state index contributed by atoms with van der Waals surface area (Å²) in [5.74, 6) is -2.38. The van der Waals surface area contributed by atoms with Gasteiger partial charge in [-0.3, -0.25) is 4.79 Å². The van der Waals surface area contributed by atoms with Crippen molar-refractivity contribution in [3.05, 3.63) is 58.6 Å². The van der Waals surface area contributed by atoms with Gasteiger partial charge in [0.15, 0.2) is 0 Å². The van der Waals surface area contributed by atoms with Gasteiger partial charge in [-0.2, -0.15) is 13.2 Å². The summed E-state index contributed by atoms with van der Waals surface area (Å²) in [5, 5.41) is 4.64. The molecule has 0 bridgehead atoms. The highest BCUT2D eigenvalue weighted by Gasteiger charge is 2.33. The van der Waals surface area contributed by atoms with Crippen molar-refractivity contribution < 1.29 is 26.7 Å². The third kappa shape index (κ3) is 5.32. The topological polar surface area (TPSA) is 41.1 Å².